The molecule has 2 saturated heterocycles. The zero-order valence-corrected chi connectivity index (χ0v) is 13.0. The van der Waals surface area contributed by atoms with E-state index in [9.17, 15) is 14.0 Å². The van der Waals surface area contributed by atoms with Gasteiger partial charge >= 0.3 is 6.09 Å². The molecule has 2 N–H and O–H groups in total. The Morgan fingerprint density at radius 3 is 2.78 bits per heavy atom. The molecule has 2 heterocycles. The molecule has 0 bridgehead atoms. The number of nitrogens with zero attached hydrogens (tertiary/aromatic N) is 1. The van der Waals surface area contributed by atoms with Crippen LogP contribution in [0.3, 0.4) is 0 Å². The van der Waals surface area contributed by atoms with Crippen molar-refractivity contribution in [1.82, 2.24) is 10.2 Å². The summed E-state index contributed by atoms with van der Waals surface area (Å²) in [4.78, 5) is 25.4. The Kier molecular flexibility index (Phi) is 4.21. The SMILES string of the molecule is Cc1cc(F)ccc1NC(=O)CN1CCC2(CC1)CNC(=O)O2. The zero-order chi connectivity index (χ0) is 16.4. The lowest BCUT2D eigenvalue weighted by molar-refractivity contribution is -0.118. The van der Waals surface area contributed by atoms with Crippen molar-refractivity contribution in [2.24, 2.45) is 0 Å². The third-order valence-electron chi connectivity index (χ3n) is 4.46. The second-order valence-corrected chi connectivity index (χ2v) is 6.21. The van der Waals surface area contributed by atoms with Gasteiger partial charge in [0, 0.05) is 31.6 Å². The third-order valence-corrected chi connectivity index (χ3v) is 4.46. The number of carbonyl (C=O) groups excluding carboxylic acids is 2. The van der Waals surface area contributed by atoms with Crippen LogP contribution in [0.1, 0.15) is 18.4 Å². The first-order valence-electron chi connectivity index (χ1n) is 7.71. The Hall–Kier alpha value is -2.15. The van der Waals surface area contributed by atoms with E-state index in [2.05, 4.69) is 10.6 Å². The van der Waals surface area contributed by atoms with Crippen molar-refractivity contribution in [3.63, 3.8) is 0 Å². The number of rotatable bonds is 3. The van der Waals surface area contributed by atoms with Gasteiger partial charge in [-0.05, 0) is 30.7 Å². The summed E-state index contributed by atoms with van der Waals surface area (Å²) in [7, 11) is 0. The molecule has 2 aliphatic heterocycles. The Morgan fingerprint density at radius 1 is 1.43 bits per heavy atom. The van der Waals surface area contributed by atoms with E-state index in [1.165, 1.54) is 12.1 Å². The van der Waals surface area contributed by atoms with E-state index in [-0.39, 0.29) is 24.4 Å². The van der Waals surface area contributed by atoms with Gasteiger partial charge in [0.05, 0.1) is 13.1 Å². The summed E-state index contributed by atoms with van der Waals surface area (Å²) in [5.41, 5.74) is 0.913. The number of alkyl carbamates (subject to hydrolysis) is 1. The molecular weight excluding hydrogens is 301 g/mol. The minimum absolute atomic E-state index is 0.128. The minimum atomic E-state index is -0.405. The molecule has 2 amide bonds. The molecule has 0 aliphatic carbocycles. The maximum absolute atomic E-state index is 13.1. The Balaban J connectivity index is 1.50. The number of hydrogen-bond acceptors (Lipinski definition) is 4. The van der Waals surface area contributed by atoms with Crippen LogP contribution in [0, 0.1) is 12.7 Å². The maximum atomic E-state index is 13.1. The smallest absolute Gasteiger partial charge is 0.407 e. The van der Waals surface area contributed by atoms with E-state index in [1.54, 1.807) is 13.0 Å². The summed E-state index contributed by atoms with van der Waals surface area (Å²) in [5, 5.41) is 5.50. The Morgan fingerprint density at radius 2 is 2.17 bits per heavy atom. The molecule has 0 unspecified atom stereocenters. The Labute approximate surface area is 134 Å². The molecule has 1 aromatic rings. The van der Waals surface area contributed by atoms with Gasteiger partial charge in [-0.2, -0.15) is 0 Å². The summed E-state index contributed by atoms with van der Waals surface area (Å²) in [6.07, 6.45) is 1.08. The van der Waals surface area contributed by atoms with Gasteiger partial charge in [0.25, 0.3) is 0 Å². The van der Waals surface area contributed by atoms with Crippen LogP contribution in [0.4, 0.5) is 14.9 Å². The zero-order valence-electron chi connectivity index (χ0n) is 13.0. The number of halogens is 1. The van der Waals surface area contributed by atoms with Crippen LogP contribution in [-0.2, 0) is 9.53 Å². The Bertz CT molecular complexity index is 627. The van der Waals surface area contributed by atoms with E-state index < -0.39 is 5.60 Å². The molecule has 0 radical (unpaired) electrons. The number of anilines is 1. The lowest BCUT2D eigenvalue weighted by Gasteiger charge is -2.36. The first kappa shape index (κ1) is 15.7. The minimum Gasteiger partial charge on any atom is -0.441 e. The number of likely N-dealkylation sites (tertiary alicyclic amines) is 1. The summed E-state index contributed by atoms with van der Waals surface area (Å²) < 4.78 is 18.4. The normalized spacial score (nSPS) is 20.2. The molecule has 23 heavy (non-hydrogen) atoms. The second-order valence-electron chi connectivity index (χ2n) is 6.21. The largest absolute Gasteiger partial charge is 0.441 e. The van der Waals surface area contributed by atoms with Gasteiger partial charge in [-0.25, -0.2) is 9.18 Å². The molecule has 2 aliphatic rings. The molecule has 1 spiro atoms. The molecule has 0 saturated carbocycles. The van der Waals surface area contributed by atoms with Crippen LogP contribution in [0.15, 0.2) is 18.2 Å². The molecule has 7 heteroatoms. The van der Waals surface area contributed by atoms with Gasteiger partial charge in [-0.15, -0.1) is 0 Å². The average Bonchev–Trinajstić information content (AvgIpc) is 2.86. The fraction of sp³-hybridized carbons (Fsp3) is 0.500. The number of nitrogens with one attached hydrogen (secondary N) is 2. The van der Waals surface area contributed by atoms with Gasteiger partial charge in [0.15, 0.2) is 0 Å². The molecule has 0 aromatic heterocycles. The van der Waals surface area contributed by atoms with Crippen LogP contribution in [0.2, 0.25) is 0 Å². The van der Waals surface area contributed by atoms with Crippen LogP contribution in [-0.4, -0.2) is 48.7 Å². The average molecular weight is 321 g/mol. The number of aryl methyl sites for hydroxylation is 1. The highest BCUT2D eigenvalue weighted by Crippen LogP contribution is 2.29. The highest BCUT2D eigenvalue weighted by molar-refractivity contribution is 5.92. The lowest BCUT2D eigenvalue weighted by atomic mass is 9.92. The fourth-order valence-corrected chi connectivity index (χ4v) is 3.06. The quantitative estimate of drug-likeness (QED) is 0.888. The topological polar surface area (TPSA) is 70.7 Å². The number of hydrogen-bond donors (Lipinski definition) is 2. The van der Waals surface area contributed by atoms with Gasteiger partial charge < -0.3 is 15.4 Å². The summed E-state index contributed by atoms with van der Waals surface area (Å²) in [6, 6.07) is 4.29. The van der Waals surface area contributed by atoms with Crippen molar-refractivity contribution in [3.8, 4) is 0 Å². The van der Waals surface area contributed by atoms with Gasteiger partial charge in [0.1, 0.15) is 11.4 Å². The molecule has 6 nitrogen and oxygen atoms in total. The van der Waals surface area contributed by atoms with Gasteiger partial charge in [-0.3, -0.25) is 9.69 Å². The van der Waals surface area contributed by atoms with Crippen molar-refractivity contribution in [2.45, 2.75) is 25.4 Å². The standard InChI is InChI=1S/C16H20FN3O3/c1-11-8-12(17)2-3-13(11)19-14(21)9-20-6-4-16(5-7-20)10-18-15(22)23-16/h2-3,8H,4-7,9-10H2,1H3,(H,18,22)(H,19,21). The third kappa shape index (κ3) is 3.61. The molecule has 0 atom stereocenters. The molecule has 1 aromatic carbocycles. The van der Waals surface area contributed by atoms with Crippen LogP contribution < -0.4 is 10.6 Å². The number of benzene rings is 1. The van der Waals surface area contributed by atoms with E-state index in [4.69, 9.17) is 4.74 Å². The van der Waals surface area contributed by atoms with Crippen LogP contribution >= 0.6 is 0 Å². The van der Waals surface area contributed by atoms with Crippen molar-refractivity contribution in [1.29, 1.82) is 0 Å². The summed E-state index contributed by atoms with van der Waals surface area (Å²) in [6.45, 7) is 3.97. The van der Waals surface area contributed by atoms with Crippen LogP contribution in [0.25, 0.3) is 0 Å². The van der Waals surface area contributed by atoms with Crippen LogP contribution in [0.5, 0.6) is 0 Å². The van der Waals surface area contributed by atoms with E-state index in [0.29, 0.717) is 43.7 Å². The fourth-order valence-electron chi connectivity index (χ4n) is 3.06. The number of ether oxygens (including phenoxy) is 1. The van der Waals surface area contributed by atoms with E-state index in [1.807, 2.05) is 4.90 Å². The number of piperidine rings is 1. The monoisotopic (exact) mass is 321 g/mol. The summed E-state index contributed by atoms with van der Waals surface area (Å²) >= 11 is 0. The summed E-state index contributed by atoms with van der Waals surface area (Å²) in [5.74, 6) is -0.446. The first-order chi connectivity index (χ1) is 11.0. The van der Waals surface area contributed by atoms with Crippen molar-refractivity contribution in [3.05, 3.63) is 29.6 Å². The maximum Gasteiger partial charge on any atom is 0.407 e. The second kappa shape index (κ2) is 6.16. The molecule has 2 fully saturated rings. The molecule has 124 valence electrons. The number of carbonyl (C=O) groups is 2. The van der Waals surface area contributed by atoms with Gasteiger partial charge in [0.2, 0.25) is 5.91 Å². The highest BCUT2D eigenvalue weighted by Gasteiger charge is 2.42. The van der Waals surface area contributed by atoms with Crippen molar-refractivity contribution < 1.29 is 18.7 Å². The lowest BCUT2D eigenvalue weighted by Crippen LogP contribution is -2.48. The van der Waals surface area contributed by atoms with E-state index in [0.717, 1.165) is 0 Å². The van der Waals surface area contributed by atoms with E-state index >= 15 is 0 Å². The predicted molar refractivity (Wildman–Crippen MR) is 82.7 cm³/mol. The first-order valence-corrected chi connectivity index (χ1v) is 7.71. The number of amides is 2. The predicted octanol–water partition coefficient (Wildman–Crippen LogP) is 1.65. The van der Waals surface area contributed by atoms with Crippen molar-refractivity contribution in [2.75, 3.05) is 31.5 Å². The molecule has 3 rings (SSSR count). The molecular formula is C16H20FN3O3. The van der Waals surface area contributed by atoms with Crippen molar-refractivity contribution >= 4 is 17.7 Å². The van der Waals surface area contributed by atoms with Gasteiger partial charge in [-0.1, -0.05) is 0 Å². The highest BCUT2D eigenvalue weighted by atomic mass is 19.1.